The monoisotopic (exact) mass is 236 g/mol. The Bertz CT molecular complexity index is 271. The molecule has 0 N–H and O–H groups in total. The Labute approximate surface area is 92.0 Å². The molecule has 0 atom stereocenters. The Hall–Kier alpha value is -0.170. The van der Waals surface area contributed by atoms with E-state index in [9.17, 15) is 8.42 Å². The zero-order chi connectivity index (χ0) is 11.3. The third-order valence-corrected chi connectivity index (χ3v) is 3.86. The van der Waals surface area contributed by atoms with Gasteiger partial charge in [0.1, 0.15) is 0 Å². The quantitative estimate of drug-likeness (QED) is 0.610. The van der Waals surface area contributed by atoms with Crippen LogP contribution < -0.4 is 0 Å². The second-order valence-electron chi connectivity index (χ2n) is 3.70. The maximum Gasteiger partial charge on any atom is 0.211 e. The van der Waals surface area contributed by atoms with Crippen molar-refractivity contribution >= 4 is 10.0 Å². The summed E-state index contributed by atoms with van der Waals surface area (Å²) >= 11 is 0. The molecule has 6 heteroatoms. The van der Waals surface area contributed by atoms with Crippen LogP contribution >= 0.6 is 0 Å². The molecule has 0 unspecified atom stereocenters. The van der Waals surface area contributed by atoms with Gasteiger partial charge in [-0.05, 0) is 6.92 Å². The molecule has 0 radical (unpaired) electrons. The zero-order valence-corrected chi connectivity index (χ0v) is 10.3. The minimum Gasteiger partial charge on any atom is -0.380 e. The van der Waals surface area contributed by atoms with Crippen LogP contribution in [0.25, 0.3) is 0 Å². The highest BCUT2D eigenvalue weighted by Crippen LogP contribution is 2.05. The lowest BCUT2D eigenvalue weighted by atomic mass is 10.3. The van der Waals surface area contributed by atoms with E-state index < -0.39 is 10.0 Å². The third kappa shape index (κ3) is 4.46. The average molecular weight is 236 g/mol. The maximum absolute atomic E-state index is 11.2. The molecule has 15 heavy (non-hydrogen) atoms. The van der Waals surface area contributed by atoms with Gasteiger partial charge in [-0.2, -0.15) is 4.31 Å². The Morgan fingerprint density at radius 1 is 1.20 bits per heavy atom. The highest BCUT2D eigenvalue weighted by molar-refractivity contribution is 7.88. The van der Waals surface area contributed by atoms with Gasteiger partial charge in [0, 0.05) is 39.3 Å². The molecule has 90 valence electrons. The van der Waals surface area contributed by atoms with Crippen molar-refractivity contribution in [1.82, 2.24) is 9.21 Å². The summed E-state index contributed by atoms with van der Waals surface area (Å²) in [5.41, 5.74) is 0. The summed E-state index contributed by atoms with van der Waals surface area (Å²) in [5, 5.41) is 0. The molecule has 1 aliphatic heterocycles. The molecule has 1 rings (SSSR count). The number of piperazine rings is 1. The summed E-state index contributed by atoms with van der Waals surface area (Å²) in [7, 11) is -3.00. The fraction of sp³-hybridized carbons (Fsp3) is 1.00. The number of nitrogens with zero attached hydrogens (tertiary/aromatic N) is 2. The fourth-order valence-corrected chi connectivity index (χ4v) is 2.45. The molecule has 0 aliphatic carbocycles. The number of hydrogen-bond acceptors (Lipinski definition) is 4. The molecule has 1 fully saturated rings. The van der Waals surface area contributed by atoms with E-state index in [4.69, 9.17) is 4.74 Å². The van der Waals surface area contributed by atoms with Crippen LogP contribution in [0.2, 0.25) is 0 Å². The molecule has 0 amide bonds. The van der Waals surface area contributed by atoms with Crippen LogP contribution in [-0.2, 0) is 14.8 Å². The van der Waals surface area contributed by atoms with Crippen LogP contribution in [0.3, 0.4) is 0 Å². The Morgan fingerprint density at radius 2 is 1.80 bits per heavy atom. The van der Waals surface area contributed by atoms with Crippen molar-refractivity contribution in [1.29, 1.82) is 0 Å². The average Bonchev–Trinajstić information content (AvgIpc) is 2.18. The Kier molecular flexibility index (Phi) is 4.98. The van der Waals surface area contributed by atoms with Crippen LogP contribution in [0.15, 0.2) is 0 Å². The Balaban J connectivity index is 2.24. The normalized spacial score (nSPS) is 20.7. The predicted octanol–water partition coefficient (Wildman–Crippen LogP) is -0.400. The van der Waals surface area contributed by atoms with Crippen molar-refractivity contribution in [2.75, 3.05) is 52.2 Å². The first-order valence-corrected chi connectivity index (χ1v) is 7.14. The molecule has 0 aromatic heterocycles. The van der Waals surface area contributed by atoms with Gasteiger partial charge >= 0.3 is 0 Å². The largest absolute Gasteiger partial charge is 0.380 e. The van der Waals surface area contributed by atoms with Crippen LogP contribution in [0.5, 0.6) is 0 Å². The van der Waals surface area contributed by atoms with E-state index in [1.165, 1.54) is 10.6 Å². The lowest BCUT2D eigenvalue weighted by Crippen LogP contribution is -2.49. The van der Waals surface area contributed by atoms with Crippen LogP contribution in [0.1, 0.15) is 6.92 Å². The van der Waals surface area contributed by atoms with Crippen molar-refractivity contribution in [3.63, 3.8) is 0 Å². The van der Waals surface area contributed by atoms with Crippen molar-refractivity contribution in [3.8, 4) is 0 Å². The van der Waals surface area contributed by atoms with Gasteiger partial charge in [0.05, 0.1) is 12.9 Å². The first-order chi connectivity index (χ1) is 7.04. The van der Waals surface area contributed by atoms with E-state index in [0.717, 1.165) is 32.8 Å². The third-order valence-electron chi connectivity index (χ3n) is 2.56. The number of sulfonamides is 1. The standard InChI is InChI=1S/C9H20N2O3S/c1-3-14-9-8-10-4-6-11(7-5-10)15(2,12)13/h3-9H2,1-2H3. The summed E-state index contributed by atoms with van der Waals surface area (Å²) < 4.78 is 29.3. The first-order valence-electron chi connectivity index (χ1n) is 5.29. The van der Waals surface area contributed by atoms with Gasteiger partial charge in [0.15, 0.2) is 0 Å². The summed E-state index contributed by atoms with van der Waals surface area (Å²) in [6.07, 6.45) is 1.27. The number of hydrogen-bond donors (Lipinski definition) is 0. The molecule has 1 heterocycles. The van der Waals surface area contributed by atoms with E-state index in [0.29, 0.717) is 13.1 Å². The second-order valence-corrected chi connectivity index (χ2v) is 5.68. The van der Waals surface area contributed by atoms with Gasteiger partial charge in [-0.3, -0.25) is 4.90 Å². The number of rotatable bonds is 5. The molecule has 0 saturated carbocycles. The van der Waals surface area contributed by atoms with Crippen LogP contribution in [-0.4, -0.2) is 69.8 Å². The maximum atomic E-state index is 11.2. The summed E-state index contributed by atoms with van der Waals surface area (Å²) in [6, 6.07) is 0. The van der Waals surface area contributed by atoms with E-state index in [-0.39, 0.29) is 0 Å². The predicted molar refractivity (Wildman–Crippen MR) is 59.3 cm³/mol. The minimum atomic E-state index is -3.00. The molecule has 1 saturated heterocycles. The zero-order valence-electron chi connectivity index (χ0n) is 9.48. The lowest BCUT2D eigenvalue weighted by Gasteiger charge is -2.32. The van der Waals surface area contributed by atoms with Crippen LogP contribution in [0, 0.1) is 0 Å². The molecule has 0 bridgehead atoms. The van der Waals surface area contributed by atoms with E-state index >= 15 is 0 Å². The van der Waals surface area contributed by atoms with Crippen molar-refractivity contribution in [2.24, 2.45) is 0 Å². The number of ether oxygens (including phenoxy) is 1. The molecule has 5 nitrogen and oxygen atoms in total. The summed E-state index contributed by atoms with van der Waals surface area (Å²) in [6.45, 7) is 7.15. The van der Waals surface area contributed by atoms with Gasteiger partial charge in [-0.15, -0.1) is 0 Å². The minimum absolute atomic E-state index is 0.602. The summed E-state index contributed by atoms with van der Waals surface area (Å²) in [4.78, 5) is 2.23. The van der Waals surface area contributed by atoms with Gasteiger partial charge in [0.25, 0.3) is 0 Å². The molecule has 0 spiro atoms. The van der Waals surface area contributed by atoms with E-state index in [2.05, 4.69) is 4.90 Å². The Morgan fingerprint density at radius 3 is 2.27 bits per heavy atom. The SMILES string of the molecule is CCOCCN1CCN(S(C)(=O)=O)CC1. The van der Waals surface area contributed by atoms with Crippen molar-refractivity contribution < 1.29 is 13.2 Å². The van der Waals surface area contributed by atoms with E-state index in [1.807, 2.05) is 6.92 Å². The lowest BCUT2D eigenvalue weighted by molar-refractivity contribution is 0.0980. The summed E-state index contributed by atoms with van der Waals surface area (Å²) in [5.74, 6) is 0. The van der Waals surface area contributed by atoms with Gasteiger partial charge in [-0.25, -0.2) is 8.42 Å². The molecular weight excluding hydrogens is 216 g/mol. The van der Waals surface area contributed by atoms with E-state index in [1.54, 1.807) is 0 Å². The highest BCUT2D eigenvalue weighted by atomic mass is 32.2. The van der Waals surface area contributed by atoms with Gasteiger partial charge < -0.3 is 4.74 Å². The van der Waals surface area contributed by atoms with Crippen LogP contribution in [0.4, 0.5) is 0 Å². The highest BCUT2D eigenvalue weighted by Gasteiger charge is 2.22. The van der Waals surface area contributed by atoms with Gasteiger partial charge in [0.2, 0.25) is 10.0 Å². The topological polar surface area (TPSA) is 49.9 Å². The molecule has 0 aromatic rings. The smallest absolute Gasteiger partial charge is 0.211 e. The molecule has 0 aromatic carbocycles. The second kappa shape index (κ2) is 5.79. The first kappa shape index (κ1) is 12.9. The van der Waals surface area contributed by atoms with Crippen molar-refractivity contribution in [2.45, 2.75) is 6.92 Å². The molecule has 1 aliphatic rings. The van der Waals surface area contributed by atoms with Crippen molar-refractivity contribution in [3.05, 3.63) is 0 Å². The fourth-order valence-electron chi connectivity index (χ4n) is 1.62. The van der Waals surface area contributed by atoms with Gasteiger partial charge in [-0.1, -0.05) is 0 Å². The molecular formula is C9H20N2O3S.